The summed E-state index contributed by atoms with van der Waals surface area (Å²) in [7, 11) is 0. The Kier molecular flexibility index (Phi) is 6.55. The highest BCUT2D eigenvalue weighted by atomic mass is 79.9. The van der Waals surface area contributed by atoms with Crippen molar-refractivity contribution in [2.75, 3.05) is 17.2 Å². The molecule has 8 rings (SSSR count). The van der Waals surface area contributed by atoms with E-state index in [0.717, 1.165) is 28.5 Å². The van der Waals surface area contributed by atoms with Gasteiger partial charge in [0.05, 0.1) is 0 Å². The van der Waals surface area contributed by atoms with E-state index in [2.05, 4.69) is 132 Å². The lowest BCUT2D eigenvalue weighted by molar-refractivity contribution is 0.157. The maximum Gasteiger partial charge on any atom is 0.0400 e. The van der Waals surface area contributed by atoms with E-state index in [4.69, 9.17) is 0 Å². The van der Waals surface area contributed by atoms with Crippen LogP contribution in [0.1, 0.15) is 58.2 Å². The molecule has 0 unspecified atom stereocenters. The molecule has 0 spiro atoms. The zero-order valence-corrected chi connectivity index (χ0v) is 24.4. The molecule has 3 aliphatic heterocycles. The van der Waals surface area contributed by atoms with Crippen LogP contribution in [-0.4, -0.2) is 17.5 Å². The second kappa shape index (κ2) is 10.2. The van der Waals surface area contributed by atoms with Gasteiger partial charge in [-0.2, -0.15) is 0 Å². The molecule has 0 aromatic heterocycles. The van der Waals surface area contributed by atoms with Gasteiger partial charge in [0, 0.05) is 51.4 Å². The SMILES string of the molecule is Brc1ccc(CNc2ccc3c(c2)[C@H]2c4cc(NCc5ccc(Br)cc5)ccc4[C@H](C3)N3CCC[C@@H]23)cc1. The smallest absolute Gasteiger partial charge is 0.0400 e. The summed E-state index contributed by atoms with van der Waals surface area (Å²) in [6, 6.07) is 32.5. The molecular weight excluding hydrogens is 598 g/mol. The van der Waals surface area contributed by atoms with Crippen molar-refractivity contribution >= 4 is 43.2 Å². The average molecular weight is 629 g/mol. The summed E-state index contributed by atoms with van der Waals surface area (Å²) in [4.78, 5) is 2.82. The summed E-state index contributed by atoms with van der Waals surface area (Å²) < 4.78 is 2.24. The Labute approximate surface area is 241 Å². The predicted molar refractivity (Wildman–Crippen MR) is 164 cm³/mol. The largest absolute Gasteiger partial charge is 0.381 e. The van der Waals surface area contributed by atoms with Crippen LogP contribution in [0.3, 0.4) is 0 Å². The van der Waals surface area contributed by atoms with Crippen LogP contribution in [0.25, 0.3) is 0 Å². The standard InChI is InChI=1S/C33H31Br2N3/c34-24-8-3-21(4-9-24)19-36-26-12-7-23-16-32-28-14-13-27(37-20-22-5-10-25(35)11-6-22)18-30(28)33(29(23)17-26)31-2-1-15-38(31)32/h3-14,17-18,31-33,36-37H,1-2,15-16,19-20H2/t31-,32-,33-/m0/s1. The number of nitrogens with zero attached hydrogens (tertiary/aromatic N) is 1. The third-order valence-corrected chi connectivity index (χ3v) is 9.68. The van der Waals surface area contributed by atoms with Crippen molar-refractivity contribution in [3.63, 3.8) is 0 Å². The molecule has 1 aliphatic carbocycles. The van der Waals surface area contributed by atoms with Gasteiger partial charge >= 0.3 is 0 Å². The fourth-order valence-electron chi connectivity index (χ4n) is 6.81. The molecule has 4 aliphatic rings. The van der Waals surface area contributed by atoms with E-state index in [1.807, 2.05) is 0 Å². The Morgan fingerprint density at radius 2 is 1.29 bits per heavy atom. The lowest BCUT2D eigenvalue weighted by Gasteiger charge is -2.42. The van der Waals surface area contributed by atoms with Gasteiger partial charge in [-0.15, -0.1) is 0 Å². The number of hydrogen-bond acceptors (Lipinski definition) is 3. The van der Waals surface area contributed by atoms with Crippen molar-refractivity contribution in [2.45, 2.75) is 50.4 Å². The fourth-order valence-corrected chi connectivity index (χ4v) is 7.34. The molecule has 0 saturated carbocycles. The topological polar surface area (TPSA) is 27.3 Å². The third kappa shape index (κ3) is 4.59. The minimum absolute atomic E-state index is 0.421. The van der Waals surface area contributed by atoms with Crippen LogP contribution in [-0.2, 0) is 19.5 Å². The lowest BCUT2D eigenvalue weighted by atomic mass is 9.78. The van der Waals surface area contributed by atoms with Crippen molar-refractivity contribution in [3.05, 3.63) is 127 Å². The van der Waals surface area contributed by atoms with Crippen molar-refractivity contribution in [1.29, 1.82) is 0 Å². The first kappa shape index (κ1) is 24.4. The Bertz CT molecular complexity index is 1470. The van der Waals surface area contributed by atoms with Gasteiger partial charge in [-0.3, -0.25) is 4.90 Å². The molecule has 192 valence electrons. The summed E-state index contributed by atoms with van der Waals surface area (Å²) in [5.41, 5.74) is 11.1. The van der Waals surface area contributed by atoms with E-state index in [1.165, 1.54) is 64.1 Å². The highest BCUT2D eigenvalue weighted by Gasteiger charge is 2.47. The Balaban J connectivity index is 1.20. The van der Waals surface area contributed by atoms with E-state index in [-0.39, 0.29) is 0 Å². The summed E-state index contributed by atoms with van der Waals surface area (Å²) in [5.74, 6) is 0.421. The Morgan fingerprint density at radius 1 is 0.684 bits per heavy atom. The molecule has 1 fully saturated rings. The van der Waals surface area contributed by atoms with Crippen LogP contribution in [0.4, 0.5) is 11.4 Å². The van der Waals surface area contributed by atoms with E-state index < -0.39 is 0 Å². The molecule has 0 amide bonds. The van der Waals surface area contributed by atoms with Crippen LogP contribution >= 0.6 is 31.9 Å². The van der Waals surface area contributed by atoms with Gasteiger partial charge in [-0.25, -0.2) is 0 Å². The molecule has 5 heteroatoms. The predicted octanol–water partition coefficient (Wildman–Crippen LogP) is 8.64. The summed E-state index contributed by atoms with van der Waals surface area (Å²) in [6.45, 7) is 2.88. The van der Waals surface area contributed by atoms with Crippen molar-refractivity contribution in [2.24, 2.45) is 0 Å². The van der Waals surface area contributed by atoms with E-state index >= 15 is 0 Å². The molecule has 38 heavy (non-hydrogen) atoms. The molecule has 3 atom stereocenters. The molecule has 3 heterocycles. The normalized spacial score (nSPS) is 21.4. The number of rotatable bonds is 6. The first-order valence-electron chi connectivity index (χ1n) is 13.6. The van der Waals surface area contributed by atoms with E-state index in [9.17, 15) is 0 Å². The minimum atomic E-state index is 0.421. The number of benzene rings is 4. The van der Waals surface area contributed by atoms with Crippen LogP contribution < -0.4 is 10.6 Å². The second-order valence-electron chi connectivity index (χ2n) is 10.9. The van der Waals surface area contributed by atoms with Gasteiger partial charge in [0.15, 0.2) is 0 Å². The maximum absolute atomic E-state index is 3.70. The number of hydrogen-bond donors (Lipinski definition) is 2. The lowest BCUT2D eigenvalue weighted by Crippen LogP contribution is -2.41. The van der Waals surface area contributed by atoms with E-state index in [1.54, 1.807) is 0 Å². The maximum atomic E-state index is 3.70. The highest BCUT2D eigenvalue weighted by molar-refractivity contribution is 9.10. The molecule has 1 saturated heterocycles. The van der Waals surface area contributed by atoms with Crippen molar-refractivity contribution in [1.82, 2.24) is 4.90 Å². The van der Waals surface area contributed by atoms with Gasteiger partial charge in [0.25, 0.3) is 0 Å². The van der Waals surface area contributed by atoms with Crippen LogP contribution in [0.15, 0.2) is 93.9 Å². The number of anilines is 2. The summed E-state index contributed by atoms with van der Waals surface area (Å²) in [6.07, 6.45) is 3.69. The summed E-state index contributed by atoms with van der Waals surface area (Å²) >= 11 is 7.09. The average Bonchev–Trinajstić information content (AvgIpc) is 3.33. The molecular formula is C33H31Br2N3. The fraction of sp³-hybridized carbons (Fsp3) is 0.273. The highest BCUT2D eigenvalue weighted by Crippen LogP contribution is 2.53. The summed E-state index contributed by atoms with van der Waals surface area (Å²) in [5, 5.41) is 7.41. The van der Waals surface area contributed by atoms with Crippen molar-refractivity contribution in [3.8, 4) is 0 Å². The molecule has 0 radical (unpaired) electrons. The number of halogens is 2. The molecule has 4 aromatic rings. The van der Waals surface area contributed by atoms with Gasteiger partial charge in [0.1, 0.15) is 0 Å². The van der Waals surface area contributed by atoms with Crippen molar-refractivity contribution < 1.29 is 0 Å². The van der Waals surface area contributed by atoms with Gasteiger partial charge in [0.2, 0.25) is 0 Å². The third-order valence-electron chi connectivity index (χ3n) is 8.62. The molecule has 2 bridgehead atoms. The monoisotopic (exact) mass is 627 g/mol. The quantitative estimate of drug-likeness (QED) is 0.224. The molecule has 4 aromatic carbocycles. The van der Waals surface area contributed by atoms with Crippen LogP contribution in [0.5, 0.6) is 0 Å². The van der Waals surface area contributed by atoms with Crippen LogP contribution in [0.2, 0.25) is 0 Å². The first-order valence-corrected chi connectivity index (χ1v) is 15.2. The zero-order valence-electron chi connectivity index (χ0n) is 21.3. The van der Waals surface area contributed by atoms with Crippen LogP contribution in [0, 0.1) is 0 Å². The molecule has 2 N–H and O–H groups in total. The van der Waals surface area contributed by atoms with E-state index in [0.29, 0.717) is 18.0 Å². The van der Waals surface area contributed by atoms with Gasteiger partial charge < -0.3 is 10.6 Å². The first-order chi connectivity index (χ1) is 18.6. The zero-order chi connectivity index (χ0) is 25.6. The minimum Gasteiger partial charge on any atom is -0.381 e. The second-order valence-corrected chi connectivity index (χ2v) is 12.7. The Hall–Kier alpha value is -2.60. The van der Waals surface area contributed by atoms with Gasteiger partial charge in [-0.1, -0.05) is 68.3 Å². The number of nitrogens with one attached hydrogen (secondary N) is 2. The Morgan fingerprint density at radius 3 is 1.95 bits per heavy atom. The molecule has 3 nitrogen and oxygen atoms in total. The van der Waals surface area contributed by atoms with Gasteiger partial charge in [-0.05, 0) is 108 Å².